The molecule has 1 heterocycles. The number of rotatable bonds is 6. The van der Waals surface area contributed by atoms with E-state index in [-0.39, 0.29) is 42.2 Å². The maximum atomic E-state index is 12.2. The third-order valence-electron chi connectivity index (χ3n) is 3.44. The van der Waals surface area contributed by atoms with Crippen molar-refractivity contribution in [3.63, 3.8) is 0 Å². The normalized spacial score (nSPS) is 15.7. The highest BCUT2D eigenvalue weighted by Crippen LogP contribution is 2.24. The van der Waals surface area contributed by atoms with Gasteiger partial charge in [-0.2, -0.15) is 11.8 Å². The van der Waals surface area contributed by atoms with Gasteiger partial charge in [0.25, 0.3) is 0 Å². The number of anilines is 1. The highest BCUT2D eigenvalue weighted by atomic mass is 35.5. The van der Waals surface area contributed by atoms with Crippen molar-refractivity contribution >= 4 is 45.8 Å². The van der Waals surface area contributed by atoms with Crippen LogP contribution in [0.4, 0.5) is 5.69 Å². The molecule has 0 bridgehead atoms. The zero-order valence-electron chi connectivity index (χ0n) is 12.7. The second-order valence-corrected chi connectivity index (χ2v) is 8.08. The molecule has 0 radical (unpaired) electrons. The molecule has 4 N–H and O–H groups in total. The Balaban J connectivity index is 0.00000264. The lowest BCUT2D eigenvalue weighted by Gasteiger charge is -2.20. The Morgan fingerprint density at radius 1 is 1.30 bits per heavy atom. The topological polar surface area (TPSA) is 101 Å². The molecule has 0 atom stereocenters. The molecule has 130 valence electrons. The van der Waals surface area contributed by atoms with Gasteiger partial charge >= 0.3 is 0 Å². The van der Waals surface area contributed by atoms with E-state index in [4.69, 9.17) is 5.73 Å². The molecule has 0 aliphatic carbocycles. The van der Waals surface area contributed by atoms with Crippen molar-refractivity contribution < 1.29 is 13.2 Å². The van der Waals surface area contributed by atoms with Gasteiger partial charge in [0.2, 0.25) is 15.9 Å². The van der Waals surface area contributed by atoms with Crippen LogP contribution in [-0.4, -0.2) is 38.9 Å². The average Bonchev–Trinajstić information content (AvgIpc) is 2.54. The molecule has 0 saturated carbocycles. The Bertz CT molecular complexity index is 619. The molecule has 1 aromatic rings. The van der Waals surface area contributed by atoms with Crippen LogP contribution in [0.3, 0.4) is 0 Å². The lowest BCUT2D eigenvalue weighted by molar-refractivity contribution is -0.120. The second-order valence-electron chi connectivity index (χ2n) is 5.09. The van der Waals surface area contributed by atoms with Gasteiger partial charge in [0.05, 0.1) is 4.90 Å². The van der Waals surface area contributed by atoms with Crippen molar-refractivity contribution in [3.8, 4) is 0 Å². The Morgan fingerprint density at radius 3 is 2.65 bits per heavy atom. The second kappa shape index (κ2) is 9.48. The van der Waals surface area contributed by atoms with Gasteiger partial charge in [0.1, 0.15) is 0 Å². The number of carbonyl (C=O) groups is 1. The van der Waals surface area contributed by atoms with E-state index in [2.05, 4.69) is 10.0 Å². The molecule has 0 unspecified atom stereocenters. The first-order valence-corrected chi connectivity index (χ1v) is 9.85. The third-order valence-corrected chi connectivity index (χ3v) is 5.95. The van der Waals surface area contributed by atoms with Gasteiger partial charge in [-0.1, -0.05) is 6.07 Å². The molecule has 23 heavy (non-hydrogen) atoms. The molecule has 2 rings (SSSR count). The largest absolute Gasteiger partial charge is 0.329 e. The number of hydrogen-bond donors (Lipinski definition) is 3. The fourth-order valence-electron chi connectivity index (χ4n) is 2.22. The van der Waals surface area contributed by atoms with Crippen molar-refractivity contribution in [1.29, 1.82) is 0 Å². The summed E-state index contributed by atoms with van der Waals surface area (Å²) in [7, 11) is -3.59. The van der Waals surface area contributed by atoms with Gasteiger partial charge in [-0.25, -0.2) is 13.1 Å². The van der Waals surface area contributed by atoms with Crippen LogP contribution in [0.15, 0.2) is 29.2 Å². The summed E-state index contributed by atoms with van der Waals surface area (Å²) in [6.07, 6.45) is 1.74. The summed E-state index contributed by atoms with van der Waals surface area (Å²) in [5.41, 5.74) is 5.81. The molecule has 1 aliphatic rings. The molecular weight excluding hydrogens is 358 g/mol. The van der Waals surface area contributed by atoms with Crippen LogP contribution in [0.1, 0.15) is 12.8 Å². The van der Waals surface area contributed by atoms with E-state index in [1.807, 2.05) is 11.8 Å². The molecule has 6 nitrogen and oxygen atoms in total. The first-order valence-electron chi connectivity index (χ1n) is 7.21. The van der Waals surface area contributed by atoms with Crippen LogP contribution < -0.4 is 15.8 Å². The maximum Gasteiger partial charge on any atom is 0.240 e. The monoisotopic (exact) mass is 379 g/mol. The Kier molecular flexibility index (Phi) is 8.35. The molecule has 1 saturated heterocycles. The zero-order chi connectivity index (χ0) is 16.0. The molecule has 1 aliphatic heterocycles. The number of nitrogens with one attached hydrogen (secondary N) is 2. The number of halogens is 1. The molecular formula is C14H22ClN3O3S2. The maximum absolute atomic E-state index is 12.2. The minimum absolute atomic E-state index is 0. The van der Waals surface area contributed by atoms with E-state index >= 15 is 0 Å². The number of carbonyl (C=O) groups excluding carboxylic acids is 1. The predicted octanol–water partition coefficient (Wildman–Crippen LogP) is 1.43. The van der Waals surface area contributed by atoms with Crippen molar-refractivity contribution in [2.75, 3.05) is 29.9 Å². The fourth-order valence-corrected chi connectivity index (χ4v) is 4.42. The lowest BCUT2D eigenvalue weighted by atomic mass is 10.0. The van der Waals surface area contributed by atoms with Crippen LogP contribution in [0, 0.1) is 5.92 Å². The molecule has 0 aromatic heterocycles. The predicted molar refractivity (Wildman–Crippen MR) is 96.6 cm³/mol. The van der Waals surface area contributed by atoms with Crippen LogP contribution in [-0.2, 0) is 14.8 Å². The van der Waals surface area contributed by atoms with Crippen molar-refractivity contribution in [2.45, 2.75) is 17.7 Å². The third kappa shape index (κ3) is 5.96. The summed E-state index contributed by atoms with van der Waals surface area (Å²) < 4.78 is 26.5. The highest BCUT2D eigenvalue weighted by Gasteiger charge is 2.22. The molecule has 9 heteroatoms. The Hall–Kier alpha value is -0.800. The van der Waals surface area contributed by atoms with Crippen molar-refractivity contribution in [1.82, 2.24) is 4.72 Å². The van der Waals surface area contributed by atoms with Crippen LogP contribution in [0.2, 0.25) is 0 Å². The first-order chi connectivity index (χ1) is 10.5. The zero-order valence-corrected chi connectivity index (χ0v) is 15.1. The smallest absolute Gasteiger partial charge is 0.240 e. The van der Waals surface area contributed by atoms with Crippen LogP contribution >= 0.6 is 24.2 Å². The summed E-state index contributed by atoms with van der Waals surface area (Å²) in [5, 5.41) is 2.82. The van der Waals surface area contributed by atoms with Crippen molar-refractivity contribution in [2.24, 2.45) is 11.7 Å². The molecule has 0 spiro atoms. The fraction of sp³-hybridized carbons (Fsp3) is 0.500. The van der Waals surface area contributed by atoms with E-state index < -0.39 is 10.0 Å². The van der Waals surface area contributed by atoms with Crippen molar-refractivity contribution in [3.05, 3.63) is 24.3 Å². The summed E-state index contributed by atoms with van der Waals surface area (Å²) in [6.45, 7) is 0.411. The summed E-state index contributed by atoms with van der Waals surface area (Å²) in [4.78, 5) is 12.3. The van der Waals surface area contributed by atoms with Gasteiger partial charge in [0, 0.05) is 24.7 Å². The van der Waals surface area contributed by atoms with Gasteiger partial charge in [-0.3, -0.25) is 4.79 Å². The summed E-state index contributed by atoms with van der Waals surface area (Å²) in [6, 6.07) is 6.26. The highest BCUT2D eigenvalue weighted by molar-refractivity contribution is 7.99. The minimum Gasteiger partial charge on any atom is -0.329 e. The van der Waals surface area contributed by atoms with E-state index in [0.717, 1.165) is 24.3 Å². The van der Waals surface area contributed by atoms with Gasteiger partial charge in [-0.05, 0) is 42.5 Å². The molecule has 1 aromatic carbocycles. The number of benzene rings is 1. The van der Waals surface area contributed by atoms with Gasteiger partial charge in [0.15, 0.2) is 0 Å². The van der Waals surface area contributed by atoms with E-state index in [1.54, 1.807) is 12.1 Å². The summed E-state index contributed by atoms with van der Waals surface area (Å²) in [5.74, 6) is 1.96. The first kappa shape index (κ1) is 20.2. The number of sulfonamides is 1. The Labute approximate surface area is 147 Å². The van der Waals surface area contributed by atoms with Crippen LogP contribution in [0.25, 0.3) is 0 Å². The number of hydrogen-bond acceptors (Lipinski definition) is 5. The number of amides is 1. The summed E-state index contributed by atoms with van der Waals surface area (Å²) >= 11 is 1.86. The quantitative estimate of drug-likeness (QED) is 0.694. The molecule has 1 fully saturated rings. The average molecular weight is 380 g/mol. The van der Waals surface area contributed by atoms with Gasteiger partial charge in [-0.15, -0.1) is 12.4 Å². The Morgan fingerprint density at radius 2 is 2.00 bits per heavy atom. The van der Waals surface area contributed by atoms with E-state index in [0.29, 0.717) is 5.69 Å². The molecule has 1 amide bonds. The number of nitrogens with two attached hydrogens (primary N) is 1. The van der Waals surface area contributed by atoms with Gasteiger partial charge < -0.3 is 11.1 Å². The lowest BCUT2D eigenvalue weighted by Crippen LogP contribution is -2.29. The SMILES string of the molecule is Cl.NCCNS(=O)(=O)c1cccc(NC(=O)C2CCSCC2)c1. The number of thioether (sulfide) groups is 1. The minimum atomic E-state index is -3.59. The standard InChI is InChI=1S/C14H21N3O3S2.ClH/c15-6-7-16-22(19,20)13-3-1-2-12(10-13)17-14(18)11-4-8-21-9-5-11;/h1-3,10-11,16H,4-9,15H2,(H,17,18);1H. The van der Waals surface area contributed by atoms with E-state index in [1.165, 1.54) is 12.1 Å². The van der Waals surface area contributed by atoms with Crippen LogP contribution in [0.5, 0.6) is 0 Å². The van der Waals surface area contributed by atoms with E-state index in [9.17, 15) is 13.2 Å².